The zero-order valence-electron chi connectivity index (χ0n) is 16.8. The summed E-state index contributed by atoms with van der Waals surface area (Å²) in [4.78, 5) is 31.9. The highest BCUT2D eigenvalue weighted by molar-refractivity contribution is 5.83. The number of amides is 1. The maximum Gasteiger partial charge on any atom is 0.415 e. The Bertz CT molecular complexity index is 1080. The lowest BCUT2D eigenvalue weighted by Gasteiger charge is -2.33. The predicted molar refractivity (Wildman–Crippen MR) is 113 cm³/mol. The highest BCUT2D eigenvalue weighted by Gasteiger charge is 2.23. The Hall–Kier alpha value is -3.12. The van der Waals surface area contributed by atoms with Gasteiger partial charge in [-0.3, -0.25) is 9.69 Å². The van der Waals surface area contributed by atoms with E-state index in [0.717, 1.165) is 22.0 Å². The van der Waals surface area contributed by atoms with Gasteiger partial charge in [0.25, 0.3) is 5.56 Å². The number of para-hydroxylation sites is 1. The molecule has 0 spiro atoms. The fourth-order valence-electron chi connectivity index (χ4n) is 3.67. The number of nitrogens with zero attached hydrogens (tertiary/aromatic N) is 2. The van der Waals surface area contributed by atoms with Crippen molar-refractivity contribution < 1.29 is 9.53 Å². The molecule has 2 heterocycles. The minimum atomic E-state index is -0.328. The molecule has 29 heavy (non-hydrogen) atoms. The number of H-pyrrole nitrogens is 1. The van der Waals surface area contributed by atoms with Crippen molar-refractivity contribution in [2.75, 3.05) is 26.2 Å². The lowest BCUT2D eigenvalue weighted by atomic mass is 10.0. The fraction of sp³-hybridized carbons (Fsp3) is 0.304. The van der Waals surface area contributed by atoms with Crippen LogP contribution in [0, 0.1) is 13.8 Å². The molecular weight excluding hydrogens is 366 g/mol. The second-order valence-electron chi connectivity index (χ2n) is 7.54. The van der Waals surface area contributed by atoms with Crippen LogP contribution in [0.1, 0.15) is 16.7 Å². The first-order valence-electron chi connectivity index (χ1n) is 9.87. The Balaban J connectivity index is 1.39. The van der Waals surface area contributed by atoms with E-state index < -0.39 is 0 Å². The van der Waals surface area contributed by atoms with Gasteiger partial charge in [-0.05, 0) is 48.6 Å². The zero-order valence-corrected chi connectivity index (χ0v) is 16.8. The zero-order chi connectivity index (χ0) is 20.4. The van der Waals surface area contributed by atoms with Crippen LogP contribution in [-0.4, -0.2) is 47.1 Å². The van der Waals surface area contributed by atoms with E-state index in [1.54, 1.807) is 17.0 Å². The molecule has 1 fully saturated rings. The first kappa shape index (κ1) is 19.2. The van der Waals surface area contributed by atoms with Crippen molar-refractivity contribution in [3.05, 3.63) is 75.6 Å². The molecule has 6 nitrogen and oxygen atoms in total. The van der Waals surface area contributed by atoms with Crippen LogP contribution < -0.4 is 10.3 Å². The number of aryl methyl sites for hydroxylation is 2. The molecule has 1 amide bonds. The standard InChI is InChI=1S/C23H25N3O3/c1-16-8-9-18-14-19(22(27)24-21(18)17(16)2)15-25-10-12-26(13-11-25)23(28)29-20-6-4-3-5-7-20/h3-9,14H,10-13,15H2,1-2H3,(H,24,27). The second-order valence-corrected chi connectivity index (χ2v) is 7.54. The van der Waals surface area contributed by atoms with Crippen molar-refractivity contribution in [3.8, 4) is 5.75 Å². The minimum Gasteiger partial charge on any atom is -0.410 e. The number of hydrogen-bond donors (Lipinski definition) is 1. The number of hydrogen-bond acceptors (Lipinski definition) is 4. The van der Waals surface area contributed by atoms with Crippen molar-refractivity contribution in [1.29, 1.82) is 0 Å². The van der Waals surface area contributed by atoms with Crippen LogP contribution in [0.25, 0.3) is 10.9 Å². The van der Waals surface area contributed by atoms with E-state index in [2.05, 4.69) is 22.0 Å². The SMILES string of the molecule is Cc1ccc2cc(CN3CCN(C(=O)Oc4ccccc4)CC3)c(=O)[nH]c2c1C. The molecule has 3 aromatic rings. The Morgan fingerprint density at radius 2 is 1.76 bits per heavy atom. The molecule has 2 aromatic carbocycles. The number of rotatable bonds is 3. The summed E-state index contributed by atoms with van der Waals surface area (Å²) in [5.74, 6) is 0.549. The van der Waals surface area contributed by atoms with E-state index >= 15 is 0 Å². The Labute approximate surface area is 169 Å². The summed E-state index contributed by atoms with van der Waals surface area (Å²) in [6.45, 7) is 7.21. The van der Waals surface area contributed by atoms with Gasteiger partial charge in [0.1, 0.15) is 5.75 Å². The summed E-state index contributed by atoms with van der Waals surface area (Å²) in [6, 6.07) is 15.2. The van der Waals surface area contributed by atoms with Gasteiger partial charge in [-0.15, -0.1) is 0 Å². The van der Waals surface area contributed by atoms with Crippen LogP contribution in [0.2, 0.25) is 0 Å². The number of ether oxygens (including phenoxy) is 1. The van der Waals surface area contributed by atoms with E-state index in [4.69, 9.17) is 4.74 Å². The van der Waals surface area contributed by atoms with Crippen molar-refractivity contribution in [1.82, 2.24) is 14.8 Å². The molecular formula is C23H25N3O3. The molecule has 0 radical (unpaired) electrons. The molecule has 1 saturated heterocycles. The van der Waals surface area contributed by atoms with Gasteiger partial charge in [0.15, 0.2) is 0 Å². The topological polar surface area (TPSA) is 65.6 Å². The summed E-state index contributed by atoms with van der Waals surface area (Å²) in [5, 5.41) is 1.05. The Morgan fingerprint density at radius 1 is 1.03 bits per heavy atom. The van der Waals surface area contributed by atoms with Gasteiger partial charge in [0, 0.05) is 38.3 Å². The van der Waals surface area contributed by atoms with Crippen LogP contribution >= 0.6 is 0 Å². The number of pyridine rings is 1. The van der Waals surface area contributed by atoms with Crippen LogP contribution in [0.15, 0.2) is 53.3 Å². The third-order valence-electron chi connectivity index (χ3n) is 5.60. The van der Waals surface area contributed by atoms with Crippen molar-refractivity contribution in [2.45, 2.75) is 20.4 Å². The lowest BCUT2D eigenvalue weighted by molar-refractivity contribution is 0.107. The number of aromatic amines is 1. The van der Waals surface area contributed by atoms with Gasteiger partial charge in [0.05, 0.1) is 5.52 Å². The average Bonchev–Trinajstić information content (AvgIpc) is 2.73. The monoisotopic (exact) mass is 391 g/mol. The van der Waals surface area contributed by atoms with Gasteiger partial charge in [0.2, 0.25) is 0 Å². The predicted octanol–water partition coefficient (Wildman–Crippen LogP) is 3.46. The van der Waals surface area contributed by atoms with Crippen LogP contribution in [0.5, 0.6) is 5.75 Å². The number of carbonyl (C=O) groups is 1. The van der Waals surface area contributed by atoms with Gasteiger partial charge in [-0.25, -0.2) is 4.79 Å². The van der Waals surface area contributed by atoms with E-state index in [1.807, 2.05) is 38.1 Å². The van der Waals surface area contributed by atoms with Crippen LogP contribution in [0.4, 0.5) is 4.79 Å². The van der Waals surface area contributed by atoms with Crippen molar-refractivity contribution >= 4 is 17.0 Å². The molecule has 150 valence electrons. The minimum absolute atomic E-state index is 0.0443. The van der Waals surface area contributed by atoms with E-state index in [1.165, 1.54) is 5.56 Å². The number of aromatic nitrogens is 1. The maximum atomic E-state index is 12.6. The molecule has 1 N–H and O–H groups in total. The van der Waals surface area contributed by atoms with E-state index in [0.29, 0.717) is 38.5 Å². The number of nitrogens with one attached hydrogen (secondary N) is 1. The number of carbonyl (C=O) groups excluding carboxylic acids is 1. The molecule has 0 atom stereocenters. The maximum absolute atomic E-state index is 12.6. The van der Waals surface area contributed by atoms with E-state index in [-0.39, 0.29) is 11.7 Å². The van der Waals surface area contributed by atoms with Gasteiger partial charge >= 0.3 is 6.09 Å². The van der Waals surface area contributed by atoms with Gasteiger partial charge in [-0.1, -0.05) is 30.3 Å². The Kier molecular flexibility index (Phi) is 5.36. The molecule has 0 saturated carbocycles. The summed E-state index contributed by atoms with van der Waals surface area (Å²) in [6.07, 6.45) is -0.328. The second kappa shape index (κ2) is 8.09. The van der Waals surface area contributed by atoms with E-state index in [9.17, 15) is 9.59 Å². The third kappa shape index (κ3) is 4.17. The summed E-state index contributed by atoms with van der Waals surface area (Å²) in [5.41, 5.74) is 3.89. The van der Waals surface area contributed by atoms with Crippen LogP contribution in [0.3, 0.4) is 0 Å². The summed E-state index contributed by atoms with van der Waals surface area (Å²) < 4.78 is 5.41. The van der Waals surface area contributed by atoms with Crippen molar-refractivity contribution in [3.63, 3.8) is 0 Å². The number of fused-ring (bicyclic) bond motifs is 1. The number of piperazine rings is 1. The quantitative estimate of drug-likeness (QED) is 0.743. The smallest absolute Gasteiger partial charge is 0.410 e. The first-order valence-corrected chi connectivity index (χ1v) is 9.87. The average molecular weight is 391 g/mol. The molecule has 1 aromatic heterocycles. The highest BCUT2D eigenvalue weighted by atomic mass is 16.6. The summed E-state index contributed by atoms with van der Waals surface area (Å²) >= 11 is 0. The third-order valence-corrected chi connectivity index (χ3v) is 5.60. The van der Waals surface area contributed by atoms with Gasteiger partial charge < -0.3 is 14.6 Å². The largest absolute Gasteiger partial charge is 0.415 e. The normalized spacial score (nSPS) is 14.9. The van der Waals surface area contributed by atoms with Crippen molar-refractivity contribution in [2.24, 2.45) is 0 Å². The Morgan fingerprint density at radius 3 is 2.48 bits per heavy atom. The first-order chi connectivity index (χ1) is 14.0. The molecule has 0 aliphatic carbocycles. The molecule has 1 aliphatic rings. The van der Waals surface area contributed by atoms with Gasteiger partial charge in [-0.2, -0.15) is 0 Å². The highest BCUT2D eigenvalue weighted by Crippen LogP contribution is 2.20. The molecule has 6 heteroatoms. The summed E-state index contributed by atoms with van der Waals surface area (Å²) in [7, 11) is 0. The molecule has 1 aliphatic heterocycles. The lowest BCUT2D eigenvalue weighted by Crippen LogP contribution is -2.49. The molecule has 0 unspecified atom stereocenters. The number of benzene rings is 2. The van der Waals surface area contributed by atoms with Crippen LogP contribution in [-0.2, 0) is 6.54 Å². The molecule has 4 rings (SSSR count). The molecule has 0 bridgehead atoms. The fourth-order valence-corrected chi connectivity index (χ4v) is 3.67.